The largest absolute Gasteiger partial charge is 0.461 e. The zero-order valence-electron chi connectivity index (χ0n) is 19.2. The van der Waals surface area contributed by atoms with E-state index in [1.54, 1.807) is 0 Å². The summed E-state index contributed by atoms with van der Waals surface area (Å²) in [5, 5.41) is 0. The molecule has 0 bridgehead atoms. The number of ether oxygens (including phenoxy) is 3. The van der Waals surface area contributed by atoms with Crippen molar-refractivity contribution in [3.63, 3.8) is 0 Å². The van der Waals surface area contributed by atoms with E-state index in [2.05, 4.69) is 16.4 Å². The number of rotatable bonds is 17. The molecule has 0 spiro atoms. The molecular weight excluding hydrogens is 468 g/mol. The molecule has 0 aromatic heterocycles. The fourth-order valence-corrected chi connectivity index (χ4v) is 5.96. The molecule has 2 rings (SSSR count). The molecule has 186 valence electrons. The first-order valence-electron chi connectivity index (χ1n) is 11.7. The molecule has 0 saturated carbocycles. The number of hydrogen-bond acceptors (Lipinski definition) is 10. The van der Waals surface area contributed by atoms with E-state index in [4.69, 9.17) is 4.74 Å². The zero-order chi connectivity index (χ0) is 24.1. The quantitative estimate of drug-likeness (QED) is 0.126. The molecule has 2 saturated heterocycles. The number of esters is 5. The van der Waals surface area contributed by atoms with Crippen LogP contribution < -0.4 is 0 Å². The molecule has 0 aromatic carbocycles. The minimum absolute atomic E-state index is 0.0844. The maximum absolute atomic E-state index is 12.3. The van der Waals surface area contributed by atoms with Gasteiger partial charge in [0.25, 0.3) is 0 Å². The van der Waals surface area contributed by atoms with Gasteiger partial charge in [-0.05, 0) is 6.42 Å². The summed E-state index contributed by atoms with van der Waals surface area (Å²) in [5.41, 5.74) is 0. The predicted molar refractivity (Wildman–Crippen MR) is 126 cm³/mol. The van der Waals surface area contributed by atoms with Gasteiger partial charge in [0.05, 0.1) is 24.7 Å². The third-order valence-corrected chi connectivity index (χ3v) is 7.94. The predicted octanol–water partition coefficient (Wildman–Crippen LogP) is 3.68. The summed E-state index contributed by atoms with van der Waals surface area (Å²) in [7, 11) is 0. The van der Waals surface area contributed by atoms with Crippen LogP contribution in [-0.2, 0) is 38.2 Å². The van der Waals surface area contributed by atoms with Crippen LogP contribution in [0.4, 0.5) is 0 Å². The summed E-state index contributed by atoms with van der Waals surface area (Å²) in [6.45, 7) is 2.18. The molecule has 0 aliphatic carbocycles. The summed E-state index contributed by atoms with van der Waals surface area (Å²) in [6, 6.07) is 0. The van der Waals surface area contributed by atoms with Crippen LogP contribution in [0.1, 0.15) is 71.1 Å². The van der Waals surface area contributed by atoms with Crippen LogP contribution in [0.2, 0.25) is 0 Å². The Kier molecular flexibility index (Phi) is 12.9. The Balaban J connectivity index is 1.72. The Morgan fingerprint density at radius 2 is 1.33 bits per heavy atom. The van der Waals surface area contributed by atoms with Gasteiger partial charge in [-0.25, -0.2) is 0 Å². The molecule has 0 N–H and O–H groups in total. The lowest BCUT2D eigenvalue weighted by Crippen LogP contribution is -2.25. The highest BCUT2D eigenvalue weighted by atomic mass is 32.2. The Hall–Kier alpha value is -1.55. The van der Waals surface area contributed by atoms with Gasteiger partial charge in [-0.1, -0.05) is 45.4 Å². The van der Waals surface area contributed by atoms with Gasteiger partial charge < -0.3 is 14.2 Å². The van der Waals surface area contributed by atoms with Crippen molar-refractivity contribution < 1.29 is 38.2 Å². The molecule has 0 aromatic rings. The second kappa shape index (κ2) is 15.4. The van der Waals surface area contributed by atoms with Crippen LogP contribution in [0, 0.1) is 11.8 Å². The van der Waals surface area contributed by atoms with Crippen molar-refractivity contribution in [3.05, 3.63) is 0 Å². The van der Waals surface area contributed by atoms with Crippen molar-refractivity contribution in [3.8, 4) is 0 Å². The standard InChI is InChI=1S/C23H34O8S2/c1-2-3-4-5-6-7-8-9-19(24)29-18(14-32-12-16-10-20(25)30-22(16)27)15-33-13-17-11-21(26)31-23(17)28/h16-18H,2-15H2,1H3. The van der Waals surface area contributed by atoms with Gasteiger partial charge in [-0.15, -0.1) is 0 Å². The van der Waals surface area contributed by atoms with Crippen LogP contribution in [0.5, 0.6) is 0 Å². The summed E-state index contributed by atoms with van der Waals surface area (Å²) in [6.07, 6.45) is 7.95. The molecule has 0 radical (unpaired) electrons. The minimum atomic E-state index is -0.503. The first-order valence-corrected chi connectivity index (χ1v) is 14.0. The summed E-state index contributed by atoms with van der Waals surface area (Å²) in [4.78, 5) is 58.1. The maximum atomic E-state index is 12.3. The van der Waals surface area contributed by atoms with Crippen molar-refractivity contribution >= 4 is 53.4 Å². The highest BCUT2D eigenvalue weighted by molar-refractivity contribution is 8.00. The highest BCUT2D eigenvalue weighted by Crippen LogP contribution is 2.25. The first-order chi connectivity index (χ1) is 15.9. The zero-order valence-corrected chi connectivity index (χ0v) is 20.8. The summed E-state index contributed by atoms with van der Waals surface area (Å²) in [5.74, 6) is -1.39. The number of unbranched alkanes of at least 4 members (excludes halogenated alkanes) is 6. The number of cyclic esters (lactones) is 4. The van der Waals surface area contributed by atoms with Crippen molar-refractivity contribution in [2.24, 2.45) is 11.8 Å². The second-order valence-corrected chi connectivity index (χ2v) is 10.6. The number of hydrogen-bond donors (Lipinski definition) is 0. The lowest BCUT2D eigenvalue weighted by atomic mass is 10.1. The van der Waals surface area contributed by atoms with Crippen LogP contribution in [-0.4, -0.2) is 59.0 Å². The molecule has 0 amide bonds. The number of carbonyl (C=O) groups excluding carboxylic acids is 5. The van der Waals surface area contributed by atoms with Crippen LogP contribution in [0.3, 0.4) is 0 Å². The van der Waals surface area contributed by atoms with Gasteiger partial charge in [0.15, 0.2) is 0 Å². The minimum Gasteiger partial charge on any atom is -0.461 e. The van der Waals surface area contributed by atoms with Gasteiger partial charge in [0.2, 0.25) is 0 Å². The molecule has 2 heterocycles. The van der Waals surface area contributed by atoms with E-state index in [9.17, 15) is 24.0 Å². The molecule has 2 aliphatic rings. The lowest BCUT2D eigenvalue weighted by Gasteiger charge is -2.18. The Bertz CT molecular complexity index is 654. The van der Waals surface area contributed by atoms with Gasteiger partial charge >= 0.3 is 29.8 Å². The van der Waals surface area contributed by atoms with Crippen molar-refractivity contribution in [2.75, 3.05) is 23.0 Å². The third-order valence-electron chi connectivity index (χ3n) is 5.45. The number of carbonyl (C=O) groups is 5. The molecule has 2 unspecified atom stereocenters. The summed E-state index contributed by atoms with van der Waals surface area (Å²) >= 11 is 2.88. The normalized spacial score (nSPS) is 21.2. The fourth-order valence-electron chi connectivity index (χ4n) is 3.57. The SMILES string of the molecule is CCCCCCCCCC(=O)OC(CSCC1CC(=O)OC1=O)CSCC1CC(=O)OC1=O. The van der Waals surface area contributed by atoms with E-state index in [1.807, 2.05) is 0 Å². The van der Waals surface area contributed by atoms with Gasteiger partial charge in [0, 0.05) is 29.4 Å². The van der Waals surface area contributed by atoms with E-state index in [1.165, 1.54) is 49.2 Å². The maximum Gasteiger partial charge on any atom is 0.318 e. The van der Waals surface area contributed by atoms with Crippen molar-refractivity contribution in [1.29, 1.82) is 0 Å². The average molecular weight is 503 g/mol. The topological polar surface area (TPSA) is 113 Å². The smallest absolute Gasteiger partial charge is 0.318 e. The number of thioether (sulfide) groups is 2. The fraction of sp³-hybridized carbons (Fsp3) is 0.783. The monoisotopic (exact) mass is 502 g/mol. The molecule has 33 heavy (non-hydrogen) atoms. The van der Waals surface area contributed by atoms with E-state index in [-0.39, 0.29) is 18.8 Å². The first kappa shape index (κ1) is 27.7. The Labute approximate surface area is 203 Å². The molecule has 8 nitrogen and oxygen atoms in total. The third kappa shape index (κ3) is 10.9. The van der Waals surface area contributed by atoms with E-state index in [0.717, 1.165) is 19.3 Å². The molecular formula is C23H34O8S2. The van der Waals surface area contributed by atoms with Crippen LogP contribution in [0.25, 0.3) is 0 Å². The van der Waals surface area contributed by atoms with Crippen LogP contribution in [0.15, 0.2) is 0 Å². The van der Waals surface area contributed by atoms with Crippen molar-refractivity contribution in [2.45, 2.75) is 77.2 Å². The average Bonchev–Trinajstić information content (AvgIpc) is 3.26. The lowest BCUT2D eigenvalue weighted by molar-refractivity contribution is -0.154. The van der Waals surface area contributed by atoms with Crippen LogP contribution >= 0.6 is 23.5 Å². The van der Waals surface area contributed by atoms with Crippen molar-refractivity contribution in [1.82, 2.24) is 0 Å². The second-order valence-electron chi connectivity index (χ2n) is 8.45. The van der Waals surface area contributed by atoms with Gasteiger partial charge in [0.1, 0.15) is 6.10 Å². The van der Waals surface area contributed by atoms with Gasteiger partial charge in [-0.2, -0.15) is 23.5 Å². The van der Waals surface area contributed by atoms with E-state index in [0.29, 0.717) is 29.4 Å². The Morgan fingerprint density at radius 1 is 0.848 bits per heavy atom. The molecule has 2 atom stereocenters. The van der Waals surface area contributed by atoms with E-state index < -0.39 is 41.8 Å². The Morgan fingerprint density at radius 3 is 1.79 bits per heavy atom. The van der Waals surface area contributed by atoms with Gasteiger partial charge in [-0.3, -0.25) is 24.0 Å². The summed E-state index contributed by atoms with van der Waals surface area (Å²) < 4.78 is 14.8. The molecule has 10 heteroatoms. The molecule has 2 aliphatic heterocycles. The molecule has 2 fully saturated rings. The van der Waals surface area contributed by atoms with E-state index >= 15 is 0 Å². The highest BCUT2D eigenvalue weighted by Gasteiger charge is 2.34.